The van der Waals surface area contributed by atoms with Crippen LogP contribution in [0.1, 0.15) is 69.1 Å². The molecule has 1 saturated heterocycles. The number of aromatic nitrogens is 1. The molecule has 2 aromatic carbocycles. The van der Waals surface area contributed by atoms with Gasteiger partial charge in [0.1, 0.15) is 12.4 Å². The zero-order chi connectivity index (χ0) is 26.8. The number of benzene rings is 2. The summed E-state index contributed by atoms with van der Waals surface area (Å²) in [6, 6.07) is 19.8. The number of anilines is 1. The Morgan fingerprint density at radius 2 is 1.62 bits per heavy atom. The van der Waals surface area contributed by atoms with Gasteiger partial charge in [-0.25, -0.2) is 0 Å². The van der Waals surface area contributed by atoms with E-state index in [0.29, 0.717) is 18.7 Å². The molecule has 3 aromatic rings. The van der Waals surface area contributed by atoms with Gasteiger partial charge >= 0.3 is 7.12 Å². The summed E-state index contributed by atoms with van der Waals surface area (Å²) in [5, 5.41) is 0. The van der Waals surface area contributed by atoms with Gasteiger partial charge < -0.3 is 23.5 Å². The van der Waals surface area contributed by atoms with Crippen LogP contribution >= 0.6 is 0 Å². The predicted octanol–water partition coefficient (Wildman–Crippen LogP) is 5.66. The summed E-state index contributed by atoms with van der Waals surface area (Å²) >= 11 is 0. The predicted molar refractivity (Wildman–Crippen MR) is 150 cm³/mol. The summed E-state index contributed by atoms with van der Waals surface area (Å²) in [5.41, 5.74) is 3.47. The standard InChI is InChI=1S/C30H39BN2O4/c1-8-9-19-33(24-15-17-25(18-16-24)35-21-23-13-11-10-12-14-23)28(34)26-20-27(32(7)22(26)2)31-36-29(3,4)30(5,6)37-31/h10-18,20H,8-9,19,21H2,1-7H3. The minimum atomic E-state index is -0.527. The molecule has 4 rings (SSSR count). The second-order valence-electron chi connectivity index (χ2n) is 10.8. The third kappa shape index (κ3) is 5.63. The fourth-order valence-corrected chi connectivity index (χ4v) is 4.40. The van der Waals surface area contributed by atoms with Gasteiger partial charge in [-0.05, 0) is 76.9 Å². The van der Waals surface area contributed by atoms with Gasteiger partial charge in [-0.3, -0.25) is 4.79 Å². The van der Waals surface area contributed by atoms with Crippen molar-refractivity contribution >= 4 is 24.3 Å². The highest BCUT2D eigenvalue weighted by molar-refractivity contribution is 6.61. The minimum Gasteiger partial charge on any atom is -0.489 e. The number of amides is 1. The lowest BCUT2D eigenvalue weighted by Gasteiger charge is -2.32. The summed E-state index contributed by atoms with van der Waals surface area (Å²) in [6.45, 7) is 13.4. The lowest BCUT2D eigenvalue weighted by Crippen LogP contribution is -2.41. The molecule has 0 saturated carbocycles. The van der Waals surface area contributed by atoms with Crippen LogP contribution in [-0.4, -0.2) is 35.3 Å². The number of unbranched alkanes of at least 4 members (excludes halogenated alkanes) is 1. The minimum absolute atomic E-state index is 0.0257. The van der Waals surface area contributed by atoms with Gasteiger partial charge in [0.05, 0.1) is 16.8 Å². The van der Waals surface area contributed by atoms with E-state index in [2.05, 4.69) is 6.92 Å². The van der Waals surface area contributed by atoms with Gasteiger partial charge in [0.25, 0.3) is 5.91 Å². The van der Waals surface area contributed by atoms with Crippen molar-refractivity contribution in [3.05, 3.63) is 77.5 Å². The Balaban J connectivity index is 1.55. The van der Waals surface area contributed by atoms with E-state index in [1.54, 1.807) is 0 Å². The second-order valence-corrected chi connectivity index (χ2v) is 10.8. The number of nitrogens with zero attached hydrogens (tertiary/aromatic N) is 2. The summed E-state index contributed by atoms with van der Waals surface area (Å²) in [4.78, 5) is 15.8. The fraction of sp³-hybridized carbons (Fsp3) is 0.433. The molecule has 6 nitrogen and oxygen atoms in total. The zero-order valence-corrected chi connectivity index (χ0v) is 23.2. The Kier molecular flexibility index (Phi) is 7.86. The smallest absolute Gasteiger partial charge is 0.489 e. The van der Waals surface area contributed by atoms with Crippen molar-refractivity contribution in [3.8, 4) is 5.75 Å². The van der Waals surface area contributed by atoms with Crippen molar-refractivity contribution in [1.29, 1.82) is 0 Å². The lowest BCUT2D eigenvalue weighted by molar-refractivity contribution is 0.00578. The van der Waals surface area contributed by atoms with Gasteiger partial charge in [0, 0.05) is 30.6 Å². The van der Waals surface area contributed by atoms with Crippen LogP contribution in [0.25, 0.3) is 0 Å². The molecular formula is C30H39BN2O4. The fourth-order valence-electron chi connectivity index (χ4n) is 4.40. The first-order valence-corrected chi connectivity index (χ1v) is 13.1. The third-order valence-corrected chi connectivity index (χ3v) is 7.67. The maximum Gasteiger partial charge on any atom is 0.512 e. The van der Waals surface area contributed by atoms with Crippen molar-refractivity contribution in [2.75, 3.05) is 11.4 Å². The molecule has 0 bridgehead atoms. The summed E-state index contributed by atoms with van der Waals surface area (Å²) in [5.74, 6) is 0.747. The largest absolute Gasteiger partial charge is 0.512 e. The molecule has 1 fully saturated rings. The van der Waals surface area contributed by atoms with Crippen molar-refractivity contribution in [3.63, 3.8) is 0 Å². The van der Waals surface area contributed by atoms with E-state index >= 15 is 0 Å². The quantitative estimate of drug-likeness (QED) is 0.355. The lowest BCUT2D eigenvalue weighted by atomic mass is 9.84. The summed E-state index contributed by atoms with van der Waals surface area (Å²) < 4.78 is 20.5. The first kappa shape index (κ1) is 27.0. The summed E-state index contributed by atoms with van der Waals surface area (Å²) in [7, 11) is 1.43. The molecule has 1 aliphatic heterocycles. The van der Waals surface area contributed by atoms with Gasteiger partial charge in [-0.15, -0.1) is 0 Å². The average Bonchev–Trinajstić information content (AvgIpc) is 3.29. The van der Waals surface area contributed by atoms with Crippen LogP contribution in [0, 0.1) is 6.92 Å². The Bertz CT molecular complexity index is 1200. The molecule has 1 aromatic heterocycles. The Morgan fingerprint density at radius 1 is 1.00 bits per heavy atom. The molecule has 0 atom stereocenters. The molecule has 0 unspecified atom stereocenters. The van der Waals surface area contributed by atoms with Gasteiger partial charge in [0.15, 0.2) is 0 Å². The zero-order valence-electron chi connectivity index (χ0n) is 23.2. The van der Waals surface area contributed by atoms with Gasteiger partial charge in [-0.1, -0.05) is 43.7 Å². The molecule has 0 spiro atoms. The molecular weight excluding hydrogens is 463 g/mol. The van der Waals surface area contributed by atoms with Crippen LogP contribution in [0.4, 0.5) is 5.69 Å². The highest BCUT2D eigenvalue weighted by Crippen LogP contribution is 2.36. The van der Waals surface area contributed by atoms with Crippen LogP contribution in [0.3, 0.4) is 0 Å². The van der Waals surface area contributed by atoms with Crippen LogP contribution < -0.4 is 15.2 Å². The highest BCUT2D eigenvalue weighted by atomic mass is 16.7. The SMILES string of the molecule is CCCCN(C(=O)c1cc(B2OC(C)(C)C(C)(C)O2)n(C)c1C)c1ccc(OCc2ccccc2)cc1. The van der Waals surface area contributed by atoms with Gasteiger partial charge in [-0.2, -0.15) is 0 Å². The molecule has 7 heteroatoms. The third-order valence-electron chi connectivity index (χ3n) is 7.67. The first-order valence-electron chi connectivity index (χ1n) is 13.1. The second kappa shape index (κ2) is 10.8. The number of ether oxygens (including phenoxy) is 1. The molecule has 2 heterocycles. The maximum absolute atomic E-state index is 13.9. The molecule has 0 N–H and O–H groups in total. The van der Waals surface area contributed by atoms with Crippen LogP contribution in [-0.2, 0) is 23.0 Å². The first-order chi connectivity index (χ1) is 17.5. The maximum atomic E-state index is 13.9. The van der Waals surface area contributed by atoms with Crippen LogP contribution in [0.15, 0.2) is 60.7 Å². The molecule has 0 aliphatic carbocycles. The van der Waals surface area contributed by atoms with Crippen LogP contribution in [0.5, 0.6) is 5.75 Å². The van der Waals surface area contributed by atoms with E-state index in [1.807, 2.05) is 112 Å². The Hall–Kier alpha value is -3.03. The number of carbonyl (C=O) groups is 1. The van der Waals surface area contributed by atoms with E-state index < -0.39 is 18.3 Å². The highest BCUT2D eigenvalue weighted by Gasteiger charge is 2.52. The van der Waals surface area contributed by atoms with Crippen LogP contribution in [0.2, 0.25) is 0 Å². The number of rotatable bonds is 9. The monoisotopic (exact) mass is 502 g/mol. The summed E-state index contributed by atoms with van der Waals surface area (Å²) in [6.07, 6.45) is 1.91. The number of hydrogen-bond donors (Lipinski definition) is 0. The average molecular weight is 502 g/mol. The number of carbonyl (C=O) groups excluding carboxylic acids is 1. The Morgan fingerprint density at radius 3 is 2.22 bits per heavy atom. The topological polar surface area (TPSA) is 52.9 Å². The van der Waals surface area contributed by atoms with Gasteiger partial charge in [0.2, 0.25) is 0 Å². The number of hydrogen-bond acceptors (Lipinski definition) is 4. The van der Waals surface area contributed by atoms with Crippen molar-refractivity contribution in [2.24, 2.45) is 7.05 Å². The van der Waals surface area contributed by atoms with E-state index in [9.17, 15) is 4.79 Å². The molecule has 0 radical (unpaired) electrons. The van der Waals surface area contributed by atoms with Crippen molar-refractivity contribution in [1.82, 2.24) is 4.57 Å². The van der Waals surface area contributed by atoms with Crippen molar-refractivity contribution < 1.29 is 18.8 Å². The molecule has 196 valence electrons. The van der Waals surface area contributed by atoms with Crippen molar-refractivity contribution in [2.45, 2.75) is 72.2 Å². The molecule has 1 amide bonds. The molecule has 37 heavy (non-hydrogen) atoms. The Labute approximate surface area is 221 Å². The van der Waals surface area contributed by atoms with E-state index in [1.165, 1.54) is 0 Å². The molecule has 1 aliphatic rings. The van der Waals surface area contributed by atoms with E-state index in [4.69, 9.17) is 14.0 Å². The van der Waals surface area contributed by atoms with E-state index in [-0.39, 0.29) is 5.91 Å². The normalized spacial score (nSPS) is 16.1. The van der Waals surface area contributed by atoms with E-state index in [0.717, 1.165) is 41.1 Å².